The van der Waals surface area contributed by atoms with Gasteiger partial charge in [0.2, 0.25) is 11.8 Å². The molecule has 0 saturated carbocycles. The summed E-state index contributed by atoms with van der Waals surface area (Å²) in [6.45, 7) is 2.69. The topological polar surface area (TPSA) is 110 Å². The summed E-state index contributed by atoms with van der Waals surface area (Å²) in [6, 6.07) is 3.26. The number of hydrogen-bond acceptors (Lipinski definition) is 6. The van der Waals surface area contributed by atoms with Crippen molar-refractivity contribution in [2.45, 2.75) is 19.9 Å². The zero-order valence-corrected chi connectivity index (χ0v) is 11.5. The van der Waals surface area contributed by atoms with Crippen molar-refractivity contribution in [3.63, 3.8) is 0 Å². The van der Waals surface area contributed by atoms with Gasteiger partial charge in [0.15, 0.2) is 5.78 Å². The second-order valence-corrected chi connectivity index (χ2v) is 4.73. The lowest BCUT2D eigenvalue weighted by Crippen LogP contribution is -2.57. The van der Waals surface area contributed by atoms with E-state index in [9.17, 15) is 24.5 Å². The van der Waals surface area contributed by atoms with Gasteiger partial charge in [0.25, 0.3) is 5.69 Å². The Morgan fingerprint density at radius 1 is 1.43 bits per heavy atom. The van der Waals surface area contributed by atoms with Crippen molar-refractivity contribution in [1.29, 1.82) is 0 Å². The Kier molecular flexibility index (Phi) is 3.70. The molecule has 1 aliphatic heterocycles. The van der Waals surface area contributed by atoms with E-state index in [2.05, 4.69) is 5.32 Å². The van der Waals surface area contributed by atoms with Gasteiger partial charge in [-0.2, -0.15) is 0 Å². The zero-order chi connectivity index (χ0) is 15.7. The molecule has 1 aromatic rings. The second kappa shape index (κ2) is 5.31. The SMILES string of the molecule is CC(=O)c1ccc(N2CC(=O)NC(=O)C2C)c([N+](=O)[O-])c1. The third kappa shape index (κ3) is 2.73. The highest BCUT2D eigenvalue weighted by Gasteiger charge is 2.34. The predicted octanol–water partition coefficient (Wildman–Crippen LogP) is 0.649. The summed E-state index contributed by atoms with van der Waals surface area (Å²) in [5.41, 5.74) is 0.0311. The number of piperazine rings is 1. The van der Waals surface area contributed by atoms with E-state index in [0.29, 0.717) is 0 Å². The molecule has 2 rings (SSSR count). The van der Waals surface area contributed by atoms with Gasteiger partial charge in [-0.25, -0.2) is 0 Å². The van der Waals surface area contributed by atoms with E-state index in [1.54, 1.807) is 6.92 Å². The lowest BCUT2D eigenvalue weighted by atomic mass is 10.1. The molecule has 1 N–H and O–H groups in total. The second-order valence-electron chi connectivity index (χ2n) is 4.73. The molecule has 8 nitrogen and oxygen atoms in total. The lowest BCUT2D eigenvalue weighted by Gasteiger charge is -2.33. The minimum Gasteiger partial charge on any atom is -0.345 e. The van der Waals surface area contributed by atoms with Crippen molar-refractivity contribution in [2.75, 3.05) is 11.4 Å². The number of nitrogens with one attached hydrogen (secondary N) is 1. The van der Waals surface area contributed by atoms with Gasteiger partial charge < -0.3 is 4.90 Å². The molecule has 1 unspecified atom stereocenters. The number of nitrogens with zero attached hydrogens (tertiary/aromatic N) is 2. The number of hydrogen-bond donors (Lipinski definition) is 1. The highest BCUT2D eigenvalue weighted by molar-refractivity contribution is 6.05. The van der Waals surface area contributed by atoms with Crippen molar-refractivity contribution in [2.24, 2.45) is 0 Å². The van der Waals surface area contributed by atoms with Crippen molar-refractivity contribution < 1.29 is 19.3 Å². The smallest absolute Gasteiger partial charge is 0.293 e. The molecule has 2 amide bonds. The number of amides is 2. The van der Waals surface area contributed by atoms with Crippen LogP contribution in [0.5, 0.6) is 0 Å². The highest BCUT2D eigenvalue weighted by atomic mass is 16.6. The molecule has 0 radical (unpaired) electrons. The summed E-state index contributed by atoms with van der Waals surface area (Å²) < 4.78 is 0. The fourth-order valence-electron chi connectivity index (χ4n) is 2.14. The molecule has 0 aliphatic carbocycles. The molecule has 1 aliphatic rings. The number of Topliss-reactive ketones (excluding diaryl/α,β-unsaturated/α-hetero) is 1. The van der Waals surface area contributed by atoms with E-state index in [-0.39, 0.29) is 29.3 Å². The van der Waals surface area contributed by atoms with Crippen LogP contribution in [0.1, 0.15) is 24.2 Å². The van der Waals surface area contributed by atoms with E-state index < -0.39 is 22.8 Å². The van der Waals surface area contributed by atoms with Crippen LogP contribution in [0.4, 0.5) is 11.4 Å². The Hall–Kier alpha value is -2.77. The average molecular weight is 291 g/mol. The summed E-state index contributed by atoms with van der Waals surface area (Å²) in [6.07, 6.45) is 0. The van der Waals surface area contributed by atoms with Crippen LogP contribution in [0.3, 0.4) is 0 Å². The number of anilines is 1. The minimum atomic E-state index is -0.718. The summed E-state index contributed by atoms with van der Waals surface area (Å²) in [5, 5.41) is 13.4. The number of nitro benzene ring substituents is 1. The van der Waals surface area contributed by atoms with Crippen molar-refractivity contribution >= 4 is 29.0 Å². The van der Waals surface area contributed by atoms with Gasteiger partial charge in [-0.05, 0) is 26.0 Å². The maximum atomic E-state index is 11.6. The molecule has 1 aromatic carbocycles. The molecule has 1 saturated heterocycles. The molecule has 21 heavy (non-hydrogen) atoms. The van der Waals surface area contributed by atoms with E-state index in [1.807, 2.05) is 0 Å². The molecule has 0 bridgehead atoms. The first-order chi connectivity index (χ1) is 9.81. The first-order valence-corrected chi connectivity index (χ1v) is 6.21. The first kappa shape index (κ1) is 14.6. The third-order valence-electron chi connectivity index (χ3n) is 3.31. The summed E-state index contributed by atoms with van der Waals surface area (Å²) in [5.74, 6) is -1.34. The van der Waals surface area contributed by atoms with E-state index in [0.717, 1.165) is 6.07 Å². The van der Waals surface area contributed by atoms with Crippen molar-refractivity contribution in [3.05, 3.63) is 33.9 Å². The Labute approximate surface area is 119 Å². The van der Waals surface area contributed by atoms with Crippen LogP contribution in [0.2, 0.25) is 0 Å². The Morgan fingerprint density at radius 2 is 2.10 bits per heavy atom. The van der Waals surface area contributed by atoms with Crippen LogP contribution in [0.25, 0.3) is 0 Å². The van der Waals surface area contributed by atoms with Gasteiger partial charge in [-0.15, -0.1) is 0 Å². The molecule has 110 valence electrons. The summed E-state index contributed by atoms with van der Waals surface area (Å²) in [4.78, 5) is 46.3. The quantitative estimate of drug-likeness (QED) is 0.379. The van der Waals surface area contributed by atoms with Crippen LogP contribution >= 0.6 is 0 Å². The lowest BCUT2D eigenvalue weighted by molar-refractivity contribution is -0.384. The Morgan fingerprint density at radius 3 is 2.67 bits per heavy atom. The number of imide groups is 1. The fraction of sp³-hybridized carbons (Fsp3) is 0.308. The summed E-state index contributed by atoms with van der Waals surface area (Å²) in [7, 11) is 0. The Balaban J connectivity index is 2.52. The maximum Gasteiger partial charge on any atom is 0.293 e. The Bertz CT molecular complexity index is 655. The fourth-order valence-corrected chi connectivity index (χ4v) is 2.14. The number of benzene rings is 1. The van der Waals surface area contributed by atoms with Crippen LogP contribution in [0, 0.1) is 10.1 Å². The van der Waals surface area contributed by atoms with Gasteiger partial charge in [0.1, 0.15) is 11.7 Å². The monoisotopic (exact) mass is 291 g/mol. The van der Waals surface area contributed by atoms with Crippen LogP contribution < -0.4 is 10.2 Å². The van der Waals surface area contributed by atoms with E-state index in [1.165, 1.54) is 24.0 Å². The maximum absolute atomic E-state index is 11.6. The molecule has 1 heterocycles. The standard InChI is InChI=1S/C13H13N3O5/c1-7-13(19)14-12(18)6-15(7)10-4-3-9(8(2)17)5-11(10)16(20)21/h3-5,7H,6H2,1-2H3,(H,14,18,19). The largest absolute Gasteiger partial charge is 0.345 e. The van der Waals surface area contributed by atoms with Gasteiger partial charge >= 0.3 is 0 Å². The van der Waals surface area contributed by atoms with Gasteiger partial charge in [0.05, 0.1) is 11.5 Å². The summed E-state index contributed by atoms with van der Waals surface area (Å²) >= 11 is 0. The highest BCUT2D eigenvalue weighted by Crippen LogP contribution is 2.31. The number of carbonyl (C=O) groups is 3. The van der Waals surface area contributed by atoms with Crippen LogP contribution in [-0.4, -0.2) is 35.1 Å². The van der Waals surface area contributed by atoms with Crippen LogP contribution in [0.15, 0.2) is 18.2 Å². The zero-order valence-electron chi connectivity index (χ0n) is 11.5. The van der Waals surface area contributed by atoms with Crippen molar-refractivity contribution in [3.8, 4) is 0 Å². The molecule has 0 aromatic heterocycles. The van der Waals surface area contributed by atoms with Crippen molar-refractivity contribution in [1.82, 2.24) is 5.32 Å². The molecule has 1 atom stereocenters. The number of carbonyl (C=O) groups excluding carboxylic acids is 3. The average Bonchev–Trinajstić information content (AvgIpc) is 2.42. The minimum absolute atomic E-state index is 0.140. The van der Waals surface area contributed by atoms with Gasteiger partial charge in [0, 0.05) is 11.6 Å². The molecule has 0 spiro atoms. The predicted molar refractivity (Wildman–Crippen MR) is 73.1 cm³/mol. The molecular formula is C13H13N3O5. The van der Waals surface area contributed by atoms with Gasteiger partial charge in [-0.1, -0.05) is 0 Å². The van der Waals surface area contributed by atoms with E-state index >= 15 is 0 Å². The van der Waals surface area contributed by atoms with E-state index in [4.69, 9.17) is 0 Å². The number of ketones is 1. The van der Waals surface area contributed by atoms with Gasteiger partial charge in [-0.3, -0.25) is 29.8 Å². The normalized spacial score (nSPS) is 18.4. The first-order valence-electron chi connectivity index (χ1n) is 6.21. The number of nitro groups is 1. The third-order valence-corrected chi connectivity index (χ3v) is 3.31. The molecule has 1 fully saturated rings. The number of rotatable bonds is 3. The molecular weight excluding hydrogens is 278 g/mol. The van der Waals surface area contributed by atoms with Crippen LogP contribution in [-0.2, 0) is 9.59 Å². The molecule has 8 heteroatoms.